The molecular formula is C27H41N3O4S. The lowest BCUT2D eigenvalue weighted by molar-refractivity contribution is -0.145. The Morgan fingerprint density at radius 1 is 0.857 bits per heavy atom. The number of amides is 3. The molecule has 35 heavy (non-hydrogen) atoms. The predicted molar refractivity (Wildman–Crippen MR) is 139 cm³/mol. The van der Waals surface area contributed by atoms with Crippen LogP contribution in [0.1, 0.15) is 59.3 Å². The van der Waals surface area contributed by atoms with E-state index in [0.29, 0.717) is 39.1 Å². The topological polar surface area (TPSA) is 81.2 Å². The lowest BCUT2D eigenvalue weighted by atomic mass is 9.74. The Morgan fingerprint density at radius 3 is 2.26 bits per heavy atom. The minimum atomic E-state index is -0.749. The normalized spacial score (nSPS) is 34.2. The SMILES string of the molecule is CCCCN1CC=C[C@]23S[C@]4(C)C=CCN(CCC)C(=O)[C@@H]4[C@H]2C(=O)N(CCCCCO)C3C1=O. The molecule has 4 aliphatic rings. The standard InChI is InChI=1S/C27H41N3O4S/c1-4-6-15-29-17-11-13-27-21(24(33)30(22(27)25(29)34)18-8-7-9-19-31)20-23(32)28(14-5-2)16-10-12-26(20,3)35-27/h10-13,20-22,31H,4-9,14-19H2,1-3H3/t20-,21-,22?,26+,27-/m0/s1. The summed E-state index contributed by atoms with van der Waals surface area (Å²) in [6.07, 6.45) is 13.4. The number of carbonyl (C=O) groups excluding carboxylic acids is 3. The Balaban J connectivity index is 1.76. The Bertz CT molecular complexity index is 892. The maximum Gasteiger partial charge on any atom is 0.247 e. The first-order valence-corrected chi connectivity index (χ1v) is 14.2. The third-order valence-corrected chi connectivity index (χ3v) is 9.85. The first kappa shape index (κ1) is 26.3. The molecule has 0 aromatic carbocycles. The summed E-state index contributed by atoms with van der Waals surface area (Å²) in [5.74, 6) is -1.06. The van der Waals surface area contributed by atoms with Crippen molar-refractivity contribution >= 4 is 29.5 Å². The van der Waals surface area contributed by atoms with Crippen LogP contribution in [0.5, 0.6) is 0 Å². The highest BCUT2D eigenvalue weighted by Gasteiger charge is 2.73. The molecule has 0 saturated carbocycles. The van der Waals surface area contributed by atoms with Crippen molar-refractivity contribution in [1.82, 2.24) is 14.7 Å². The summed E-state index contributed by atoms with van der Waals surface area (Å²) in [6.45, 7) is 9.33. The van der Waals surface area contributed by atoms with E-state index in [-0.39, 0.29) is 24.3 Å². The third kappa shape index (κ3) is 4.45. The summed E-state index contributed by atoms with van der Waals surface area (Å²) < 4.78 is -1.29. The van der Waals surface area contributed by atoms with Gasteiger partial charge in [-0.15, -0.1) is 11.8 Å². The maximum atomic E-state index is 14.2. The van der Waals surface area contributed by atoms with Crippen LogP contribution in [-0.4, -0.2) is 92.4 Å². The molecule has 0 bridgehead atoms. The Kier molecular flexibility index (Phi) is 8.01. The fraction of sp³-hybridized carbons (Fsp3) is 0.741. The number of fused-ring (bicyclic) bond motifs is 2. The molecule has 194 valence electrons. The highest BCUT2D eigenvalue weighted by atomic mass is 32.2. The maximum absolute atomic E-state index is 14.2. The molecule has 2 fully saturated rings. The molecule has 8 heteroatoms. The second-order valence-electron chi connectivity index (χ2n) is 10.5. The van der Waals surface area contributed by atoms with Gasteiger partial charge in [-0.25, -0.2) is 0 Å². The molecule has 7 nitrogen and oxygen atoms in total. The van der Waals surface area contributed by atoms with Crippen molar-refractivity contribution in [2.45, 2.75) is 74.8 Å². The molecule has 1 N–H and O–H groups in total. The summed E-state index contributed by atoms with van der Waals surface area (Å²) in [6, 6.07) is -0.598. The summed E-state index contributed by atoms with van der Waals surface area (Å²) in [7, 11) is 0. The monoisotopic (exact) mass is 503 g/mol. The first-order valence-electron chi connectivity index (χ1n) is 13.4. The zero-order chi connectivity index (χ0) is 25.2. The average Bonchev–Trinajstić information content (AvgIpc) is 3.10. The van der Waals surface area contributed by atoms with Gasteiger partial charge in [0.25, 0.3) is 0 Å². The smallest absolute Gasteiger partial charge is 0.247 e. The lowest BCUT2D eigenvalue weighted by Gasteiger charge is -2.37. The van der Waals surface area contributed by atoms with Crippen molar-refractivity contribution in [3.63, 3.8) is 0 Å². The molecule has 4 heterocycles. The van der Waals surface area contributed by atoms with E-state index in [1.54, 1.807) is 16.7 Å². The molecule has 5 atom stereocenters. The highest BCUT2D eigenvalue weighted by molar-refractivity contribution is 8.02. The second kappa shape index (κ2) is 10.7. The van der Waals surface area contributed by atoms with Crippen molar-refractivity contribution < 1.29 is 19.5 Å². The average molecular weight is 504 g/mol. The van der Waals surface area contributed by atoms with Crippen molar-refractivity contribution in [3.05, 3.63) is 24.3 Å². The molecular weight excluding hydrogens is 462 g/mol. The van der Waals surface area contributed by atoms with E-state index in [1.165, 1.54) is 0 Å². The molecule has 4 aliphatic heterocycles. The zero-order valence-electron chi connectivity index (χ0n) is 21.4. The minimum Gasteiger partial charge on any atom is -0.396 e. The number of aliphatic hydroxyl groups is 1. The lowest BCUT2D eigenvalue weighted by Crippen LogP contribution is -2.53. The molecule has 0 aliphatic carbocycles. The van der Waals surface area contributed by atoms with E-state index in [4.69, 9.17) is 0 Å². The number of unbranched alkanes of at least 4 members (excludes halogenated alkanes) is 3. The van der Waals surface area contributed by atoms with Gasteiger partial charge in [-0.3, -0.25) is 14.4 Å². The van der Waals surface area contributed by atoms with Gasteiger partial charge >= 0.3 is 0 Å². The molecule has 0 aromatic rings. The van der Waals surface area contributed by atoms with Gasteiger partial charge in [0.1, 0.15) is 6.04 Å². The number of nitrogens with zero attached hydrogens (tertiary/aromatic N) is 3. The number of hydrogen-bond acceptors (Lipinski definition) is 5. The van der Waals surface area contributed by atoms with Crippen LogP contribution < -0.4 is 0 Å². The van der Waals surface area contributed by atoms with Gasteiger partial charge in [-0.05, 0) is 39.0 Å². The molecule has 0 radical (unpaired) electrons. The summed E-state index contributed by atoms with van der Waals surface area (Å²) in [4.78, 5) is 47.7. The van der Waals surface area contributed by atoms with Crippen LogP contribution in [-0.2, 0) is 14.4 Å². The van der Waals surface area contributed by atoms with Gasteiger partial charge in [0.15, 0.2) is 0 Å². The van der Waals surface area contributed by atoms with E-state index in [1.807, 2.05) is 9.80 Å². The Hall–Kier alpha value is -1.80. The van der Waals surface area contributed by atoms with Crippen molar-refractivity contribution in [1.29, 1.82) is 0 Å². The summed E-state index contributed by atoms with van der Waals surface area (Å²) in [5, 5.41) is 9.20. The van der Waals surface area contributed by atoms with Crippen LogP contribution >= 0.6 is 11.8 Å². The Morgan fingerprint density at radius 2 is 1.57 bits per heavy atom. The number of thioether (sulfide) groups is 1. The van der Waals surface area contributed by atoms with Gasteiger partial charge in [0.05, 0.1) is 16.6 Å². The molecule has 2 saturated heterocycles. The van der Waals surface area contributed by atoms with Gasteiger partial charge in [0, 0.05) is 44.1 Å². The van der Waals surface area contributed by atoms with Crippen molar-refractivity contribution in [2.24, 2.45) is 11.8 Å². The van der Waals surface area contributed by atoms with Crippen molar-refractivity contribution in [2.75, 3.05) is 39.3 Å². The van der Waals surface area contributed by atoms with Gasteiger partial charge in [-0.1, -0.05) is 44.6 Å². The van der Waals surface area contributed by atoms with Crippen LogP contribution in [0.15, 0.2) is 24.3 Å². The molecule has 1 unspecified atom stereocenters. The number of aliphatic hydroxyl groups excluding tert-OH is 1. The molecule has 0 aromatic heterocycles. The van der Waals surface area contributed by atoms with E-state index in [2.05, 4.69) is 45.1 Å². The fourth-order valence-corrected chi connectivity index (χ4v) is 8.61. The largest absolute Gasteiger partial charge is 0.396 e. The first-order chi connectivity index (χ1) is 16.8. The highest BCUT2D eigenvalue weighted by Crippen LogP contribution is 2.65. The van der Waals surface area contributed by atoms with E-state index >= 15 is 0 Å². The number of hydrogen-bond donors (Lipinski definition) is 1. The molecule has 3 amide bonds. The summed E-state index contributed by atoms with van der Waals surface area (Å²) >= 11 is 1.66. The second-order valence-corrected chi connectivity index (χ2v) is 12.3. The summed E-state index contributed by atoms with van der Waals surface area (Å²) in [5.41, 5.74) is 0. The molecule has 4 rings (SSSR count). The van der Waals surface area contributed by atoms with Gasteiger partial charge in [-0.2, -0.15) is 0 Å². The Labute approximate surface area is 214 Å². The number of carbonyl (C=O) groups is 3. The van der Waals surface area contributed by atoms with Crippen LogP contribution in [0.2, 0.25) is 0 Å². The van der Waals surface area contributed by atoms with Crippen LogP contribution in [0.25, 0.3) is 0 Å². The number of likely N-dealkylation sites (tertiary alicyclic amines) is 1. The van der Waals surface area contributed by atoms with E-state index in [9.17, 15) is 19.5 Å². The van der Waals surface area contributed by atoms with Gasteiger partial charge < -0.3 is 19.8 Å². The third-order valence-electron chi connectivity index (χ3n) is 8.06. The quantitative estimate of drug-likeness (QED) is 0.366. The van der Waals surface area contributed by atoms with E-state index in [0.717, 1.165) is 32.1 Å². The van der Waals surface area contributed by atoms with Crippen molar-refractivity contribution in [3.8, 4) is 0 Å². The minimum absolute atomic E-state index is 0.0101. The zero-order valence-corrected chi connectivity index (χ0v) is 22.3. The van der Waals surface area contributed by atoms with Gasteiger partial charge in [0.2, 0.25) is 17.7 Å². The predicted octanol–water partition coefficient (Wildman–Crippen LogP) is 2.84. The van der Waals surface area contributed by atoms with Crippen LogP contribution in [0.3, 0.4) is 0 Å². The molecule has 1 spiro atoms. The van der Waals surface area contributed by atoms with Crippen LogP contribution in [0, 0.1) is 11.8 Å². The number of rotatable bonds is 10. The van der Waals surface area contributed by atoms with E-state index < -0.39 is 27.4 Å². The van der Waals surface area contributed by atoms with Crippen LogP contribution in [0.4, 0.5) is 0 Å². The fourth-order valence-electron chi connectivity index (χ4n) is 6.45.